The summed E-state index contributed by atoms with van der Waals surface area (Å²) < 4.78 is 8.66. The number of benzene rings is 2. The average molecular weight is 625 g/mol. The number of carbonyl (C=O) groups is 3. The molecule has 0 bridgehead atoms. The highest BCUT2D eigenvalue weighted by atomic mass is 16.5. The number of para-hydroxylation sites is 1. The van der Waals surface area contributed by atoms with E-state index in [1.165, 1.54) is 0 Å². The van der Waals surface area contributed by atoms with Crippen molar-refractivity contribution in [3.63, 3.8) is 0 Å². The van der Waals surface area contributed by atoms with Crippen LogP contribution in [0.1, 0.15) is 38.2 Å². The molecule has 5 atom stereocenters. The number of hydrogen-bond acceptors (Lipinski definition) is 7. The molecule has 1 N–H and O–H groups in total. The van der Waals surface area contributed by atoms with Gasteiger partial charge in [-0.3, -0.25) is 14.4 Å². The predicted octanol–water partition coefficient (Wildman–Crippen LogP) is 2.91. The second kappa shape index (κ2) is 12.1. The summed E-state index contributed by atoms with van der Waals surface area (Å²) in [6.45, 7) is 3.62. The quantitative estimate of drug-likeness (QED) is 0.272. The Morgan fingerprint density at radius 2 is 1.59 bits per heavy atom. The molecule has 2 fully saturated rings. The molecule has 3 amide bonds. The Morgan fingerprint density at radius 3 is 2.41 bits per heavy atom. The second-order valence-corrected chi connectivity index (χ2v) is 13.0. The van der Waals surface area contributed by atoms with Gasteiger partial charge in [0.15, 0.2) is 0 Å². The van der Waals surface area contributed by atoms with Crippen LogP contribution in [0, 0.1) is 11.8 Å². The number of amides is 3. The molecule has 7 rings (SSSR count). The van der Waals surface area contributed by atoms with Gasteiger partial charge in [-0.2, -0.15) is 0 Å². The van der Waals surface area contributed by atoms with Gasteiger partial charge in [0.05, 0.1) is 23.0 Å². The summed E-state index contributed by atoms with van der Waals surface area (Å²) in [7, 11) is 0. The van der Waals surface area contributed by atoms with E-state index in [4.69, 9.17) is 4.74 Å². The highest BCUT2D eigenvalue weighted by Gasteiger charge is 2.74. The molecular weight excluding hydrogens is 584 g/mol. The van der Waals surface area contributed by atoms with Crippen molar-refractivity contribution in [2.24, 2.45) is 11.8 Å². The van der Waals surface area contributed by atoms with Crippen LogP contribution < -0.4 is 0 Å². The fourth-order valence-corrected chi connectivity index (χ4v) is 7.86. The molecule has 11 heteroatoms. The molecule has 4 aliphatic heterocycles. The molecule has 1 unspecified atom stereocenters. The first kappa shape index (κ1) is 30.3. The van der Waals surface area contributed by atoms with Gasteiger partial charge in [0, 0.05) is 32.8 Å². The first-order valence-corrected chi connectivity index (χ1v) is 16.2. The third-order valence-electron chi connectivity index (χ3n) is 9.97. The molecule has 0 aliphatic carbocycles. The number of likely N-dealkylation sites (tertiary alicyclic amines) is 1. The van der Waals surface area contributed by atoms with Crippen molar-refractivity contribution in [2.75, 3.05) is 26.2 Å². The van der Waals surface area contributed by atoms with Crippen LogP contribution in [0.25, 0.3) is 11.0 Å². The van der Waals surface area contributed by atoms with E-state index in [1.807, 2.05) is 85.8 Å². The molecule has 0 saturated carbocycles. The number of ether oxygens (including phenoxy) is 1. The van der Waals surface area contributed by atoms with Crippen molar-refractivity contribution in [1.82, 2.24) is 29.7 Å². The molecule has 11 nitrogen and oxygen atoms in total. The molecular formula is C35H40N6O5. The third kappa shape index (κ3) is 5.02. The van der Waals surface area contributed by atoms with E-state index in [-0.39, 0.29) is 31.0 Å². The molecule has 2 saturated heterocycles. The maximum atomic E-state index is 14.7. The third-order valence-corrected chi connectivity index (χ3v) is 9.97. The largest absolute Gasteiger partial charge is 0.396 e. The van der Waals surface area contributed by atoms with Crippen LogP contribution in [0.5, 0.6) is 0 Å². The molecule has 1 aromatic heterocycles. The number of aromatic nitrogens is 3. The maximum Gasteiger partial charge on any atom is 0.250 e. The van der Waals surface area contributed by atoms with Gasteiger partial charge in [0.25, 0.3) is 5.91 Å². The van der Waals surface area contributed by atoms with E-state index in [0.29, 0.717) is 39.0 Å². The fourth-order valence-electron chi connectivity index (χ4n) is 7.86. The lowest BCUT2D eigenvalue weighted by atomic mass is 9.74. The molecule has 1 spiro atoms. The van der Waals surface area contributed by atoms with Crippen LogP contribution in [0.2, 0.25) is 0 Å². The summed E-state index contributed by atoms with van der Waals surface area (Å²) in [4.78, 5) is 48.9. The van der Waals surface area contributed by atoms with Crippen LogP contribution >= 0.6 is 0 Å². The van der Waals surface area contributed by atoms with E-state index in [2.05, 4.69) is 10.3 Å². The number of aliphatic hydroxyl groups excluding tert-OH is 1. The Hall–Kier alpha value is -4.35. The van der Waals surface area contributed by atoms with Crippen LogP contribution in [-0.4, -0.2) is 96.0 Å². The fraction of sp³-hybridized carbons (Fsp3) is 0.457. The van der Waals surface area contributed by atoms with Crippen LogP contribution in [-0.2, 0) is 32.3 Å². The van der Waals surface area contributed by atoms with Gasteiger partial charge >= 0.3 is 0 Å². The zero-order valence-electron chi connectivity index (χ0n) is 26.1. The van der Waals surface area contributed by atoms with E-state index in [9.17, 15) is 19.5 Å². The van der Waals surface area contributed by atoms with Gasteiger partial charge in [-0.15, -0.1) is 5.10 Å². The van der Waals surface area contributed by atoms with E-state index in [1.54, 1.807) is 19.4 Å². The van der Waals surface area contributed by atoms with Crippen molar-refractivity contribution < 1.29 is 24.2 Å². The number of unbranched alkanes of at least 4 members (excludes halogenated alkanes) is 3. The van der Waals surface area contributed by atoms with Crippen LogP contribution in [0.3, 0.4) is 0 Å². The Morgan fingerprint density at radius 1 is 0.848 bits per heavy atom. The van der Waals surface area contributed by atoms with E-state index < -0.39 is 29.1 Å². The first-order valence-electron chi connectivity index (χ1n) is 16.2. The van der Waals surface area contributed by atoms with Gasteiger partial charge in [-0.25, -0.2) is 4.68 Å². The second-order valence-electron chi connectivity index (χ2n) is 13.0. The topological polar surface area (TPSA) is 121 Å². The minimum absolute atomic E-state index is 0.120. The smallest absolute Gasteiger partial charge is 0.250 e. The highest BCUT2D eigenvalue weighted by Crippen LogP contribution is 2.57. The van der Waals surface area contributed by atoms with Crippen LogP contribution in [0.4, 0.5) is 0 Å². The van der Waals surface area contributed by atoms with Gasteiger partial charge in [0.2, 0.25) is 11.8 Å². The number of nitrogens with zero attached hydrogens (tertiary/aromatic N) is 6. The molecule has 46 heavy (non-hydrogen) atoms. The van der Waals surface area contributed by atoms with Crippen molar-refractivity contribution in [2.45, 2.75) is 63.1 Å². The molecule has 5 heterocycles. The Kier molecular flexibility index (Phi) is 7.98. The summed E-state index contributed by atoms with van der Waals surface area (Å²) in [6, 6.07) is 16.5. The molecule has 2 aromatic carbocycles. The van der Waals surface area contributed by atoms with Gasteiger partial charge < -0.3 is 24.5 Å². The molecule has 4 aliphatic rings. The average Bonchev–Trinajstić information content (AvgIpc) is 3.59. The van der Waals surface area contributed by atoms with Gasteiger partial charge in [-0.05, 0) is 37.5 Å². The van der Waals surface area contributed by atoms with Gasteiger partial charge in [0.1, 0.15) is 23.8 Å². The lowest BCUT2D eigenvalue weighted by molar-refractivity contribution is -0.153. The zero-order valence-corrected chi connectivity index (χ0v) is 26.1. The monoisotopic (exact) mass is 624 g/mol. The Balaban J connectivity index is 1.24. The number of aliphatic hydroxyl groups is 1. The zero-order chi connectivity index (χ0) is 31.9. The lowest BCUT2D eigenvalue weighted by Gasteiger charge is -2.37. The summed E-state index contributed by atoms with van der Waals surface area (Å²) in [5.41, 5.74) is 0.155. The summed E-state index contributed by atoms with van der Waals surface area (Å²) in [5.74, 6) is -2.27. The lowest BCUT2D eigenvalue weighted by Crippen LogP contribution is -2.56. The summed E-state index contributed by atoms with van der Waals surface area (Å²) in [5, 5.41) is 17.8. The Labute approximate surface area is 268 Å². The van der Waals surface area contributed by atoms with Crippen molar-refractivity contribution in [3.8, 4) is 0 Å². The predicted molar refractivity (Wildman–Crippen MR) is 170 cm³/mol. The SMILES string of the molecule is C[C@@]12C=CCN(Cc3ccccc3)C(=O)[C@@H]1[C@H]1C(=O)N(CCCCCCO)C3C(=O)N(Cn4nnc5ccccc54)CC=C[C@@]31O2. The molecule has 3 aromatic rings. The van der Waals surface area contributed by atoms with Gasteiger partial charge in [-0.1, -0.05) is 84.8 Å². The number of rotatable bonds is 10. The van der Waals surface area contributed by atoms with Crippen molar-refractivity contribution in [1.29, 1.82) is 0 Å². The summed E-state index contributed by atoms with van der Waals surface area (Å²) in [6.07, 6.45) is 10.6. The Bertz CT molecular complexity index is 1690. The number of fused-ring (bicyclic) bond motifs is 3. The molecule has 240 valence electrons. The minimum Gasteiger partial charge on any atom is -0.396 e. The number of carbonyl (C=O) groups excluding carboxylic acids is 3. The van der Waals surface area contributed by atoms with E-state index in [0.717, 1.165) is 29.4 Å². The van der Waals surface area contributed by atoms with Crippen molar-refractivity contribution >= 4 is 28.8 Å². The van der Waals surface area contributed by atoms with Crippen molar-refractivity contribution in [3.05, 3.63) is 84.5 Å². The maximum absolute atomic E-state index is 14.7. The minimum atomic E-state index is -1.31. The number of hydrogen-bond donors (Lipinski definition) is 1. The normalized spacial score (nSPS) is 28.9. The van der Waals surface area contributed by atoms with Crippen LogP contribution in [0.15, 0.2) is 78.9 Å². The standard InChI is InChI=1S/C35H40N6O5/c1-34-17-11-19-38(23-25-13-5-4-6-14-25)31(43)28(34)29-32(44)40(21-9-2-3-10-22-42)30-33(45)39(20-12-18-35(29,30)46-34)24-41-27-16-8-7-15-26(27)36-37-41/h4-8,11-18,28-30,42H,2-3,9-10,19-24H2,1H3/t28-,29-,30?,34+,35-/m0/s1. The summed E-state index contributed by atoms with van der Waals surface area (Å²) >= 11 is 0. The molecule has 0 radical (unpaired) electrons. The van der Waals surface area contributed by atoms with E-state index >= 15 is 0 Å². The first-order chi connectivity index (χ1) is 22.4. The highest BCUT2D eigenvalue weighted by molar-refractivity contribution is 6.00.